The highest BCUT2D eigenvalue weighted by molar-refractivity contribution is 5.94. The SMILES string of the molecule is N#Cc1ccc(-c2cncc3[nH]ccc23)cc1. The topological polar surface area (TPSA) is 52.5 Å². The lowest BCUT2D eigenvalue weighted by atomic mass is 10.0. The molecular formula is C14H9N3. The summed E-state index contributed by atoms with van der Waals surface area (Å²) in [6.07, 6.45) is 5.56. The number of fused-ring (bicyclic) bond motifs is 1. The number of pyridine rings is 1. The second kappa shape index (κ2) is 3.76. The minimum absolute atomic E-state index is 0.669. The molecule has 3 heteroatoms. The summed E-state index contributed by atoms with van der Waals surface area (Å²) in [5, 5.41) is 9.91. The van der Waals surface area contributed by atoms with Gasteiger partial charge in [0.2, 0.25) is 0 Å². The molecule has 0 radical (unpaired) electrons. The Bertz CT molecular complexity index is 702. The van der Waals surface area contributed by atoms with E-state index in [1.807, 2.05) is 48.9 Å². The molecule has 0 amide bonds. The molecular weight excluding hydrogens is 210 g/mol. The molecule has 0 aliphatic carbocycles. The molecule has 3 nitrogen and oxygen atoms in total. The van der Waals surface area contributed by atoms with Crippen molar-refractivity contribution in [2.24, 2.45) is 0 Å². The molecule has 1 aromatic carbocycles. The van der Waals surface area contributed by atoms with Gasteiger partial charge in [0.05, 0.1) is 23.3 Å². The van der Waals surface area contributed by atoms with Gasteiger partial charge in [-0.15, -0.1) is 0 Å². The average Bonchev–Trinajstić information content (AvgIpc) is 2.87. The van der Waals surface area contributed by atoms with Crippen LogP contribution in [0, 0.1) is 11.3 Å². The van der Waals surface area contributed by atoms with E-state index in [-0.39, 0.29) is 0 Å². The predicted octanol–water partition coefficient (Wildman–Crippen LogP) is 3.10. The van der Waals surface area contributed by atoms with Gasteiger partial charge in [-0.05, 0) is 23.8 Å². The lowest BCUT2D eigenvalue weighted by Crippen LogP contribution is -1.82. The molecule has 3 rings (SSSR count). The monoisotopic (exact) mass is 219 g/mol. The molecule has 0 bridgehead atoms. The Hall–Kier alpha value is -2.60. The number of aromatic amines is 1. The van der Waals surface area contributed by atoms with Crippen molar-refractivity contribution in [3.63, 3.8) is 0 Å². The molecule has 3 aromatic rings. The highest BCUT2D eigenvalue weighted by atomic mass is 14.7. The van der Waals surface area contributed by atoms with E-state index in [9.17, 15) is 0 Å². The van der Waals surface area contributed by atoms with Gasteiger partial charge < -0.3 is 4.98 Å². The minimum atomic E-state index is 0.669. The normalized spacial score (nSPS) is 10.3. The summed E-state index contributed by atoms with van der Waals surface area (Å²) in [6, 6.07) is 11.7. The number of rotatable bonds is 1. The number of nitrogens with zero attached hydrogens (tertiary/aromatic N) is 2. The van der Waals surface area contributed by atoms with E-state index in [1.165, 1.54) is 0 Å². The van der Waals surface area contributed by atoms with Crippen LogP contribution in [0.25, 0.3) is 22.0 Å². The van der Waals surface area contributed by atoms with Crippen molar-refractivity contribution in [2.75, 3.05) is 0 Å². The van der Waals surface area contributed by atoms with E-state index in [0.717, 1.165) is 22.0 Å². The molecule has 0 aliphatic heterocycles. The Kier molecular flexibility index (Phi) is 2.13. The molecule has 0 spiro atoms. The summed E-state index contributed by atoms with van der Waals surface area (Å²) in [7, 11) is 0. The first-order chi connectivity index (χ1) is 8.38. The third kappa shape index (κ3) is 1.56. The van der Waals surface area contributed by atoms with Gasteiger partial charge in [-0.3, -0.25) is 4.98 Å². The number of hydrogen-bond donors (Lipinski definition) is 1. The molecule has 0 saturated carbocycles. The fourth-order valence-electron chi connectivity index (χ4n) is 1.93. The number of H-pyrrole nitrogens is 1. The van der Waals surface area contributed by atoms with Crippen LogP contribution in [-0.4, -0.2) is 9.97 Å². The molecule has 2 heterocycles. The third-order valence-corrected chi connectivity index (χ3v) is 2.80. The largest absolute Gasteiger partial charge is 0.360 e. The van der Waals surface area contributed by atoms with E-state index in [2.05, 4.69) is 16.0 Å². The predicted molar refractivity (Wildman–Crippen MR) is 66.2 cm³/mol. The lowest BCUT2D eigenvalue weighted by molar-refractivity contribution is 1.34. The summed E-state index contributed by atoms with van der Waals surface area (Å²) < 4.78 is 0. The zero-order valence-electron chi connectivity index (χ0n) is 9.01. The molecule has 80 valence electrons. The van der Waals surface area contributed by atoms with E-state index >= 15 is 0 Å². The summed E-state index contributed by atoms with van der Waals surface area (Å²) in [4.78, 5) is 7.35. The van der Waals surface area contributed by atoms with Gasteiger partial charge in [0, 0.05) is 23.3 Å². The van der Waals surface area contributed by atoms with Gasteiger partial charge in [0.1, 0.15) is 0 Å². The van der Waals surface area contributed by atoms with Crippen LogP contribution in [0.15, 0.2) is 48.9 Å². The Labute approximate surface area is 98.4 Å². The van der Waals surface area contributed by atoms with Crippen molar-refractivity contribution in [2.45, 2.75) is 0 Å². The van der Waals surface area contributed by atoms with Crippen molar-refractivity contribution < 1.29 is 0 Å². The number of hydrogen-bond acceptors (Lipinski definition) is 2. The van der Waals surface area contributed by atoms with Crippen molar-refractivity contribution >= 4 is 10.9 Å². The van der Waals surface area contributed by atoms with Crippen molar-refractivity contribution in [3.8, 4) is 17.2 Å². The number of nitrogens with one attached hydrogen (secondary N) is 1. The van der Waals surface area contributed by atoms with Gasteiger partial charge >= 0.3 is 0 Å². The van der Waals surface area contributed by atoms with Crippen LogP contribution in [0.5, 0.6) is 0 Å². The summed E-state index contributed by atoms with van der Waals surface area (Å²) in [6.45, 7) is 0. The summed E-state index contributed by atoms with van der Waals surface area (Å²) in [5.74, 6) is 0. The van der Waals surface area contributed by atoms with E-state index in [0.29, 0.717) is 5.56 Å². The van der Waals surface area contributed by atoms with Crippen LogP contribution in [0.2, 0.25) is 0 Å². The minimum Gasteiger partial charge on any atom is -0.360 e. The van der Waals surface area contributed by atoms with Crippen LogP contribution < -0.4 is 0 Å². The van der Waals surface area contributed by atoms with Crippen LogP contribution in [0.1, 0.15) is 5.56 Å². The van der Waals surface area contributed by atoms with Crippen molar-refractivity contribution in [1.29, 1.82) is 5.26 Å². The maximum Gasteiger partial charge on any atom is 0.0991 e. The Morgan fingerprint density at radius 1 is 1.06 bits per heavy atom. The highest BCUT2D eigenvalue weighted by Crippen LogP contribution is 2.26. The number of benzene rings is 1. The zero-order valence-corrected chi connectivity index (χ0v) is 9.01. The first-order valence-electron chi connectivity index (χ1n) is 5.30. The Balaban J connectivity index is 2.20. The molecule has 0 aliphatic rings. The summed E-state index contributed by atoms with van der Waals surface area (Å²) in [5.41, 5.74) is 3.84. The molecule has 0 saturated heterocycles. The average molecular weight is 219 g/mol. The van der Waals surface area contributed by atoms with E-state index < -0.39 is 0 Å². The standard InChI is InChI=1S/C14H9N3/c15-7-10-1-3-11(4-2-10)13-8-16-9-14-12(13)5-6-17-14/h1-6,8-9,17H. The fraction of sp³-hybridized carbons (Fsp3) is 0. The van der Waals surface area contributed by atoms with E-state index in [1.54, 1.807) is 0 Å². The van der Waals surface area contributed by atoms with E-state index in [4.69, 9.17) is 5.26 Å². The fourth-order valence-corrected chi connectivity index (χ4v) is 1.93. The van der Waals surface area contributed by atoms with Gasteiger partial charge in [0.15, 0.2) is 0 Å². The maximum absolute atomic E-state index is 8.77. The van der Waals surface area contributed by atoms with Crippen molar-refractivity contribution in [3.05, 3.63) is 54.5 Å². The molecule has 17 heavy (non-hydrogen) atoms. The third-order valence-electron chi connectivity index (χ3n) is 2.80. The molecule has 0 fully saturated rings. The van der Waals surface area contributed by atoms with Crippen LogP contribution in [-0.2, 0) is 0 Å². The molecule has 0 atom stereocenters. The summed E-state index contributed by atoms with van der Waals surface area (Å²) >= 11 is 0. The van der Waals surface area contributed by atoms with Crippen LogP contribution >= 0.6 is 0 Å². The zero-order chi connectivity index (χ0) is 11.7. The van der Waals surface area contributed by atoms with Gasteiger partial charge in [-0.2, -0.15) is 5.26 Å². The van der Waals surface area contributed by atoms with Crippen molar-refractivity contribution in [1.82, 2.24) is 9.97 Å². The first kappa shape index (κ1) is 9.61. The first-order valence-corrected chi connectivity index (χ1v) is 5.30. The second-order valence-corrected chi connectivity index (χ2v) is 3.82. The Morgan fingerprint density at radius 3 is 2.65 bits per heavy atom. The number of nitriles is 1. The number of aromatic nitrogens is 2. The smallest absolute Gasteiger partial charge is 0.0991 e. The van der Waals surface area contributed by atoms with Gasteiger partial charge in [-0.1, -0.05) is 12.1 Å². The van der Waals surface area contributed by atoms with Crippen LogP contribution in [0.4, 0.5) is 0 Å². The highest BCUT2D eigenvalue weighted by Gasteiger charge is 2.04. The quantitative estimate of drug-likeness (QED) is 0.683. The molecule has 0 unspecified atom stereocenters. The molecule has 2 aromatic heterocycles. The van der Waals surface area contributed by atoms with Gasteiger partial charge in [-0.25, -0.2) is 0 Å². The second-order valence-electron chi connectivity index (χ2n) is 3.82. The van der Waals surface area contributed by atoms with Gasteiger partial charge in [0.25, 0.3) is 0 Å². The lowest BCUT2D eigenvalue weighted by Gasteiger charge is -2.02. The molecule has 1 N–H and O–H groups in total. The Morgan fingerprint density at radius 2 is 1.88 bits per heavy atom. The maximum atomic E-state index is 8.77. The van der Waals surface area contributed by atoms with Crippen LogP contribution in [0.3, 0.4) is 0 Å².